The van der Waals surface area contributed by atoms with Crippen molar-refractivity contribution >= 4 is 11.9 Å². The van der Waals surface area contributed by atoms with Gasteiger partial charge in [0.15, 0.2) is 0 Å². The fourth-order valence-electron chi connectivity index (χ4n) is 3.72. The summed E-state index contributed by atoms with van der Waals surface area (Å²) in [7, 11) is 0. The molecular formula is C24H30O6. The number of aliphatic carboxylic acids is 2. The predicted molar refractivity (Wildman–Crippen MR) is 114 cm³/mol. The molecule has 0 heterocycles. The molecule has 2 rings (SSSR count). The van der Waals surface area contributed by atoms with Crippen molar-refractivity contribution in [1.82, 2.24) is 0 Å². The molecule has 0 aliphatic rings. The molecule has 0 unspecified atom stereocenters. The lowest BCUT2D eigenvalue weighted by molar-refractivity contribution is -0.148. The zero-order chi connectivity index (χ0) is 23.1. The van der Waals surface area contributed by atoms with E-state index in [-0.39, 0.29) is 22.6 Å². The summed E-state index contributed by atoms with van der Waals surface area (Å²) in [5, 5.41) is 40.6. The van der Waals surface area contributed by atoms with Gasteiger partial charge in [-0.3, -0.25) is 9.59 Å². The van der Waals surface area contributed by atoms with E-state index in [2.05, 4.69) is 0 Å². The summed E-state index contributed by atoms with van der Waals surface area (Å²) in [6.45, 7) is 11.3. The van der Waals surface area contributed by atoms with Crippen LogP contribution < -0.4 is 0 Å². The highest BCUT2D eigenvalue weighted by molar-refractivity contribution is 5.91. The van der Waals surface area contributed by atoms with Crippen molar-refractivity contribution in [2.45, 2.75) is 64.2 Å². The molecule has 0 radical (unpaired) electrons. The van der Waals surface area contributed by atoms with Gasteiger partial charge in [0.25, 0.3) is 0 Å². The number of rotatable bonds is 5. The standard InChI is InChI=1S/C24H30O6/c1-22(2,3)16-11-14(7-9-18(16)25)24(21(29)30,13-20(27)28)15-8-10-19(26)17(12-15)23(4,5)6/h7-12,25-26H,13H2,1-6H3,(H,27,28)(H,29,30). The van der Waals surface area contributed by atoms with Crippen molar-refractivity contribution in [3.05, 3.63) is 58.7 Å². The second-order valence-electron chi connectivity index (χ2n) is 9.74. The van der Waals surface area contributed by atoms with Crippen LogP contribution in [0.4, 0.5) is 0 Å². The van der Waals surface area contributed by atoms with E-state index < -0.39 is 34.6 Å². The van der Waals surface area contributed by atoms with Crippen LogP contribution in [0.15, 0.2) is 36.4 Å². The van der Waals surface area contributed by atoms with Gasteiger partial charge in [0.2, 0.25) is 0 Å². The highest BCUT2D eigenvalue weighted by Crippen LogP contribution is 2.43. The molecule has 0 saturated carbocycles. The summed E-state index contributed by atoms with van der Waals surface area (Å²) in [5.41, 5.74) is -1.32. The topological polar surface area (TPSA) is 115 Å². The molecule has 0 spiro atoms. The zero-order valence-electron chi connectivity index (χ0n) is 18.3. The fourth-order valence-corrected chi connectivity index (χ4v) is 3.72. The van der Waals surface area contributed by atoms with E-state index in [1.165, 1.54) is 24.3 Å². The molecule has 4 N–H and O–H groups in total. The Morgan fingerprint density at radius 3 is 1.37 bits per heavy atom. The molecule has 0 bridgehead atoms. The second-order valence-corrected chi connectivity index (χ2v) is 9.74. The molecule has 6 heteroatoms. The third-order valence-electron chi connectivity index (χ3n) is 5.38. The van der Waals surface area contributed by atoms with E-state index in [0.29, 0.717) is 11.1 Å². The average molecular weight is 414 g/mol. The number of benzene rings is 2. The quantitative estimate of drug-likeness (QED) is 0.571. The molecule has 2 aromatic rings. The first-order valence-electron chi connectivity index (χ1n) is 9.74. The van der Waals surface area contributed by atoms with Gasteiger partial charge in [-0.2, -0.15) is 0 Å². The number of hydrogen-bond acceptors (Lipinski definition) is 4. The van der Waals surface area contributed by atoms with Crippen LogP contribution in [0.2, 0.25) is 0 Å². The first kappa shape index (κ1) is 23.3. The minimum atomic E-state index is -1.90. The van der Waals surface area contributed by atoms with Gasteiger partial charge in [-0.05, 0) is 45.2 Å². The average Bonchev–Trinajstić information content (AvgIpc) is 2.58. The smallest absolute Gasteiger partial charge is 0.319 e. The largest absolute Gasteiger partial charge is 0.508 e. The summed E-state index contributed by atoms with van der Waals surface area (Å²) in [6, 6.07) is 8.84. The van der Waals surface area contributed by atoms with E-state index in [1.54, 1.807) is 12.1 Å². The molecule has 0 saturated heterocycles. The van der Waals surface area contributed by atoms with Crippen molar-refractivity contribution in [1.29, 1.82) is 0 Å². The van der Waals surface area contributed by atoms with Crippen LogP contribution in [-0.2, 0) is 25.8 Å². The fraction of sp³-hybridized carbons (Fsp3) is 0.417. The first-order valence-corrected chi connectivity index (χ1v) is 9.74. The monoisotopic (exact) mass is 414 g/mol. The van der Waals surface area contributed by atoms with Crippen molar-refractivity contribution in [2.75, 3.05) is 0 Å². The van der Waals surface area contributed by atoms with Crippen molar-refractivity contribution in [3.8, 4) is 11.5 Å². The van der Waals surface area contributed by atoms with Crippen LogP contribution >= 0.6 is 0 Å². The Morgan fingerprint density at radius 1 is 0.733 bits per heavy atom. The highest BCUT2D eigenvalue weighted by atomic mass is 16.4. The van der Waals surface area contributed by atoms with Crippen LogP contribution in [-0.4, -0.2) is 32.4 Å². The number of phenols is 2. The highest BCUT2D eigenvalue weighted by Gasteiger charge is 2.45. The summed E-state index contributed by atoms with van der Waals surface area (Å²) in [4.78, 5) is 24.5. The van der Waals surface area contributed by atoms with Crippen molar-refractivity contribution in [3.63, 3.8) is 0 Å². The molecule has 0 aliphatic carbocycles. The van der Waals surface area contributed by atoms with Gasteiger partial charge in [-0.25, -0.2) is 0 Å². The molecule has 6 nitrogen and oxygen atoms in total. The molecule has 0 fully saturated rings. The van der Waals surface area contributed by atoms with Crippen molar-refractivity contribution < 1.29 is 30.0 Å². The Morgan fingerprint density at radius 2 is 1.10 bits per heavy atom. The lowest BCUT2D eigenvalue weighted by Gasteiger charge is -2.32. The predicted octanol–water partition coefficient (Wildman–Crippen LogP) is 4.54. The number of carboxylic acid groups (broad SMARTS) is 2. The van der Waals surface area contributed by atoms with Gasteiger partial charge in [0.05, 0.1) is 6.42 Å². The maximum absolute atomic E-state index is 12.7. The molecule has 30 heavy (non-hydrogen) atoms. The minimum absolute atomic E-state index is 0.0157. The molecular weight excluding hydrogens is 384 g/mol. The van der Waals surface area contributed by atoms with Gasteiger partial charge in [0.1, 0.15) is 16.9 Å². The van der Waals surface area contributed by atoms with Crippen LogP contribution in [0, 0.1) is 0 Å². The van der Waals surface area contributed by atoms with Crippen molar-refractivity contribution in [2.24, 2.45) is 0 Å². The van der Waals surface area contributed by atoms with E-state index >= 15 is 0 Å². The van der Waals surface area contributed by atoms with Gasteiger partial charge in [-0.15, -0.1) is 0 Å². The molecule has 162 valence electrons. The summed E-state index contributed by atoms with van der Waals surface area (Å²) >= 11 is 0. The zero-order valence-corrected chi connectivity index (χ0v) is 18.3. The molecule has 0 aromatic heterocycles. The Labute approximate surface area is 176 Å². The Hall–Kier alpha value is -3.02. The first-order chi connectivity index (χ1) is 13.6. The third kappa shape index (κ3) is 4.27. The van der Waals surface area contributed by atoms with Crippen LogP contribution in [0.5, 0.6) is 11.5 Å². The lowest BCUT2D eigenvalue weighted by Crippen LogP contribution is -2.40. The number of hydrogen-bond donors (Lipinski definition) is 4. The van der Waals surface area contributed by atoms with Crippen LogP contribution in [0.25, 0.3) is 0 Å². The van der Waals surface area contributed by atoms with E-state index in [1.807, 2.05) is 41.5 Å². The van der Waals surface area contributed by atoms with Gasteiger partial charge in [-0.1, -0.05) is 65.8 Å². The Balaban J connectivity index is 2.92. The lowest BCUT2D eigenvalue weighted by atomic mass is 9.69. The number of aromatic hydroxyl groups is 2. The van der Waals surface area contributed by atoms with Gasteiger partial charge in [0, 0.05) is 0 Å². The second kappa shape index (κ2) is 7.67. The van der Waals surface area contributed by atoms with E-state index in [4.69, 9.17) is 0 Å². The maximum atomic E-state index is 12.7. The third-order valence-corrected chi connectivity index (χ3v) is 5.38. The number of carbonyl (C=O) groups is 2. The molecule has 2 aromatic carbocycles. The normalized spacial score (nSPS) is 12.6. The molecule has 0 aliphatic heterocycles. The van der Waals surface area contributed by atoms with E-state index in [9.17, 15) is 30.0 Å². The van der Waals surface area contributed by atoms with Crippen LogP contribution in [0.3, 0.4) is 0 Å². The Kier molecular flexibility index (Phi) is 5.95. The molecule has 0 amide bonds. The number of phenolic OH excluding ortho intramolecular Hbond substituents is 2. The Bertz CT molecular complexity index is 913. The van der Waals surface area contributed by atoms with Gasteiger partial charge >= 0.3 is 11.9 Å². The maximum Gasteiger partial charge on any atom is 0.319 e. The summed E-state index contributed by atoms with van der Waals surface area (Å²) in [6.07, 6.45) is -0.689. The SMILES string of the molecule is CC(C)(C)c1cc(C(CC(=O)O)(C(=O)O)c2ccc(O)c(C(C)(C)C)c2)ccc1O. The summed E-state index contributed by atoms with van der Waals surface area (Å²) in [5.74, 6) is -2.56. The van der Waals surface area contributed by atoms with Gasteiger partial charge < -0.3 is 20.4 Å². The van der Waals surface area contributed by atoms with E-state index in [0.717, 1.165) is 0 Å². The summed E-state index contributed by atoms with van der Waals surface area (Å²) < 4.78 is 0. The number of carboxylic acids is 2. The minimum Gasteiger partial charge on any atom is -0.508 e. The van der Waals surface area contributed by atoms with Crippen LogP contribution in [0.1, 0.15) is 70.2 Å². The molecule has 0 atom stereocenters.